The number of hydrogen-bond donors (Lipinski definition) is 1. The van der Waals surface area contributed by atoms with Crippen molar-refractivity contribution in [1.82, 2.24) is 10.2 Å². The fraction of sp³-hybridized carbons (Fsp3) is 0.562. The predicted octanol–water partition coefficient (Wildman–Crippen LogP) is 2.89. The Morgan fingerprint density at radius 2 is 2.00 bits per heavy atom. The van der Waals surface area contributed by atoms with E-state index in [0.29, 0.717) is 6.54 Å². The molecule has 0 spiro atoms. The molecule has 1 aliphatic heterocycles. The largest absolute Gasteiger partial charge is 0.332 e. The van der Waals surface area contributed by atoms with Crippen LogP contribution >= 0.6 is 0 Å². The molecule has 6 heteroatoms. The Morgan fingerprint density at radius 1 is 1.32 bits per heavy atom. The molecule has 1 saturated carbocycles. The molecular formula is C16H19F3N2O. The van der Waals surface area contributed by atoms with Crippen molar-refractivity contribution < 1.29 is 18.0 Å². The van der Waals surface area contributed by atoms with Crippen LogP contribution in [-0.4, -0.2) is 35.7 Å². The van der Waals surface area contributed by atoms with Gasteiger partial charge in [0.05, 0.1) is 5.92 Å². The van der Waals surface area contributed by atoms with Crippen molar-refractivity contribution in [1.29, 1.82) is 0 Å². The smallest absolute Gasteiger partial charge is 0.297 e. The zero-order valence-corrected chi connectivity index (χ0v) is 12.3. The summed E-state index contributed by atoms with van der Waals surface area (Å²) in [6.07, 6.45) is -0.879. The molecule has 0 bridgehead atoms. The summed E-state index contributed by atoms with van der Waals surface area (Å²) < 4.78 is 42.3. The number of nitrogens with zero attached hydrogens (tertiary/aromatic N) is 1. The summed E-state index contributed by atoms with van der Waals surface area (Å²) in [6, 6.07) is 6.21. The predicted molar refractivity (Wildman–Crippen MR) is 76.1 cm³/mol. The molecule has 3 nitrogen and oxygen atoms in total. The Labute approximate surface area is 127 Å². The topological polar surface area (TPSA) is 32.3 Å². The van der Waals surface area contributed by atoms with Crippen LogP contribution in [0.4, 0.5) is 13.2 Å². The van der Waals surface area contributed by atoms with Gasteiger partial charge in [0.25, 0.3) is 0 Å². The van der Waals surface area contributed by atoms with Gasteiger partial charge in [-0.15, -0.1) is 0 Å². The first-order valence-corrected chi connectivity index (χ1v) is 7.51. The van der Waals surface area contributed by atoms with E-state index in [1.165, 1.54) is 4.90 Å². The third-order valence-corrected chi connectivity index (χ3v) is 4.57. The lowest BCUT2D eigenvalue weighted by atomic mass is 10.1. The number of nitrogens with one attached hydrogen (secondary N) is 1. The van der Waals surface area contributed by atoms with E-state index in [-0.39, 0.29) is 18.4 Å². The fourth-order valence-corrected chi connectivity index (χ4v) is 3.42. The highest BCUT2D eigenvalue weighted by Gasteiger charge is 2.56. The van der Waals surface area contributed by atoms with Crippen molar-refractivity contribution in [2.75, 3.05) is 6.54 Å². The molecule has 1 aromatic rings. The number of alkyl halides is 3. The lowest BCUT2D eigenvalue weighted by Crippen LogP contribution is -2.49. The summed E-state index contributed by atoms with van der Waals surface area (Å²) in [5, 5.41) is 1.58. The highest BCUT2D eigenvalue weighted by Crippen LogP contribution is 2.49. The molecule has 1 aromatic carbocycles. The summed E-state index contributed by atoms with van der Waals surface area (Å²) in [6.45, 7) is 1.31. The van der Waals surface area contributed by atoms with Gasteiger partial charge in [-0.25, -0.2) is 4.39 Å². The first-order chi connectivity index (χ1) is 10.4. The molecule has 1 amide bonds. The number of hydrogen-bond acceptors (Lipinski definition) is 2. The normalized spacial score (nSPS) is 32.0. The van der Waals surface area contributed by atoms with Gasteiger partial charge in [-0.05, 0) is 18.4 Å². The van der Waals surface area contributed by atoms with Gasteiger partial charge in [-0.2, -0.15) is 8.78 Å². The van der Waals surface area contributed by atoms with Crippen molar-refractivity contribution in [3.8, 4) is 0 Å². The van der Waals surface area contributed by atoms with Crippen molar-refractivity contribution >= 4 is 5.91 Å². The maximum Gasteiger partial charge on any atom is 0.332 e. The molecule has 3 rings (SSSR count). The minimum absolute atomic E-state index is 0.0180. The third kappa shape index (κ3) is 2.84. The standard InChI is InChI=1S/C16H19F3N2O/c1-10(22)20-16(18,19)13-7-8-21(15(13)17)14-9-12(14)11-5-3-2-4-6-11/h2-6,12-15H,7-9H2,1H3,(H,20,22)/t12-,13?,14+,15?/m0/s1. The van der Waals surface area contributed by atoms with Crippen LogP contribution in [0.25, 0.3) is 0 Å². The SMILES string of the molecule is CC(=O)NC(F)(F)C1CCN([C@@H]2C[C@H]2c2ccccc2)C1F. The van der Waals surface area contributed by atoms with E-state index in [4.69, 9.17) is 0 Å². The first kappa shape index (κ1) is 15.3. The van der Waals surface area contributed by atoms with Gasteiger partial charge in [-0.3, -0.25) is 15.0 Å². The molecule has 120 valence electrons. The van der Waals surface area contributed by atoms with Gasteiger partial charge in [-0.1, -0.05) is 30.3 Å². The number of likely N-dealkylation sites (tertiary alicyclic amines) is 1. The molecular weight excluding hydrogens is 293 g/mol. The van der Waals surface area contributed by atoms with E-state index in [1.807, 2.05) is 30.3 Å². The van der Waals surface area contributed by atoms with Crippen LogP contribution in [-0.2, 0) is 4.79 Å². The Morgan fingerprint density at radius 3 is 2.64 bits per heavy atom. The number of amides is 1. The van der Waals surface area contributed by atoms with Gasteiger partial charge in [0.2, 0.25) is 5.91 Å². The number of rotatable bonds is 4. The molecule has 1 N–H and O–H groups in total. The van der Waals surface area contributed by atoms with Gasteiger partial charge >= 0.3 is 6.05 Å². The second kappa shape index (κ2) is 5.57. The van der Waals surface area contributed by atoms with Gasteiger partial charge in [0, 0.05) is 25.4 Å². The Kier molecular flexibility index (Phi) is 3.89. The van der Waals surface area contributed by atoms with Gasteiger partial charge in [0.1, 0.15) is 0 Å². The van der Waals surface area contributed by atoms with E-state index in [9.17, 15) is 18.0 Å². The molecule has 0 radical (unpaired) electrons. The molecule has 1 heterocycles. The first-order valence-electron chi connectivity index (χ1n) is 7.51. The zero-order valence-electron chi connectivity index (χ0n) is 12.3. The average Bonchev–Trinajstić information content (AvgIpc) is 3.14. The van der Waals surface area contributed by atoms with Crippen LogP contribution in [0.15, 0.2) is 30.3 Å². The van der Waals surface area contributed by atoms with Gasteiger partial charge in [0.15, 0.2) is 6.30 Å². The maximum atomic E-state index is 14.5. The number of carbonyl (C=O) groups is 1. The van der Waals surface area contributed by atoms with E-state index in [1.54, 1.807) is 5.32 Å². The molecule has 0 aromatic heterocycles. The van der Waals surface area contributed by atoms with Crippen molar-refractivity contribution in [3.63, 3.8) is 0 Å². The maximum absolute atomic E-state index is 14.5. The van der Waals surface area contributed by atoms with Gasteiger partial charge < -0.3 is 0 Å². The van der Waals surface area contributed by atoms with Crippen LogP contribution in [0.1, 0.15) is 31.2 Å². The van der Waals surface area contributed by atoms with E-state index in [2.05, 4.69) is 0 Å². The third-order valence-electron chi connectivity index (χ3n) is 4.57. The Hall–Kier alpha value is -1.56. The monoisotopic (exact) mass is 312 g/mol. The van der Waals surface area contributed by atoms with Crippen LogP contribution in [0.2, 0.25) is 0 Å². The van der Waals surface area contributed by atoms with Crippen molar-refractivity contribution in [2.45, 2.75) is 44.1 Å². The molecule has 2 fully saturated rings. The summed E-state index contributed by atoms with van der Waals surface area (Å²) in [4.78, 5) is 12.4. The minimum atomic E-state index is -3.50. The zero-order chi connectivity index (χ0) is 15.9. The van der Waals surface area contributed by atoms with Crippen LogP contribution in [0.3, 0.4) is 0 Å². The van der Waals surface area contributed by atoms with E-state index in [0.717, 1.165) is 18.9 Å². The van der Waals surface area contributed by atoms with Crippen molar-refractivity contribution in [3.05, 3.63) is 35.9 Å². The van der Waals surface area contributed by atoms with E-state index < -0.39 is 24.2 Å². The highest BCUT2D eigenvalue weighted by molar-refractivity contribution is 5.73. The Bertz CT molecular complexity index is 552. The van der Waals surface area contributed by atoms with Crippen molar-refractivity contribution in [2.24, 2.45) is 5.92 Å². The number of benzene rings is 1. The minimum Gasteiger partial charge on any atom is -0.297 e. The molecule has 2 unspecified atom stereocenters. The number of carbonyl (C=O) groups excluding carboxylic acids is 1. The number of halogens is 3. The molecule has 2 aliphatic rings. The second-order valence-corrected chi connectivity index (χ2v) is 6.13. The molecule has 1 aliphatic carbocycles. The lowest BCUT2D eigenvalue weighted by Gasteiger charge is -2.27. The van der Waals surface area contributed by atoms with Crippen LogP contribution < -0.4 is 5.32 Å². The average molecular weight is 312 g/mol. The van der Waals surface area contributed by atoms with E-state index >= 15 is 0 Å². The molecule has 22 heavy (non-hydrogen) atoms. The Balaban J connectivity index is 1.65. The van der Waals surface area contributed by atoms with Crippen LogP contribution in [0.5, 0.6) is 0 Å². The molecule has 1 saturated heterocycles. The summed E-state index contributed by atoms with van der Waals surface area (Å²) >= 11 is 0. The summed E-state index contributed by atoms with van der Waals surface area (Å²) in [7, 11) is 0. The molecule has 4 atom stereocenters. The lowest BCUT2D eigenvalue weighted by molar-refractivity contribution is -0.146. The summed E-state index contributed by atoms with van der Waals surface area (Å²) in [5.74, 6) is -2.11. The second-order valence-electron chi connectivity index (χ2n) is 6.13. The fourth-order valence-electron chi connectivity index (χ4n) is 3.42. The summed E-state index contributed by atoms with van der Waals surface area (Å²) in [5.41, 5.74) is 1.12. The van der Waals surface area contributed by atoms with Crippen LogP contribution in [0, 0.1) is 5.92 Å². The highest BCUT2D eigenvalue weighted by atomic mass is 19.3. The quantitative estimate of drug-likeness (QED) is 0.867.